The van der Waals surface area contributed by atoms with Gasteiger partial charge in [-0.2, -0.15) is 0 Å². The number of nitrogen functional groups attached to an aromatic ring is 1. The Morgan fingerprint density at radius 1 is 1.41 bits per heavy atom. The lowest BCUT2D eigenvalue weighted by Crippen LogP contribution is -2.22. The Kier molecular flexibility index (Phi) is 3.18. The highest BCUT2D eigenvalue weighted by Crippen LogP contribution is 2.27. The summed E-state index contributed by atoms with van der Waals surface area (Å²) in [5.74, 6) is -0.120. The number of fused-ring (bicyclic) bond motifs is 1. The van der Waals surface area contributed by atoms with Gasteiger partial charge in [0.1, 0.15) is 0 Å². The Bertz CT molecular complexity index is 635. The van der Waals surface area contributed by atoms with E-state index in [0.717, 1.165) is 10.2 Å². The van der Waals surface area contributed by atoms with Crippen molar-refractivity contribution in [3.05, 3.63) is 18.2 Å². The molecule has 0 fully saturated rings. The molecule has 92 valence electrons. The molecule has 0 saturated carbocycles. The molecule has 0 spiro atoms. The summed E-state index contributed by atoms with van der Waals surface area (Å²) < 4.78 is 22.4. The Labute approximate surface area is 103 Å². The molecule has 0 aliphatic heterocycles. The topological polar surface area (TPSA) is 111 Å². The smallest absolute Gasteiger partial charge is 0.210 e. The second kappa shape index (κ2) is 4.47. The van der Waals surface area contributed by atoms with Crippen molar-refractivity contribution in [2.24, 2.45) is 5.14 Å². The molecule has 0 aliphatic carbocycles. The fourth-order valence-electron chi connectivity index (χ4n) is 1.32. The number of rotatable bonds is 4. The van der Waals surface area contributed by atoms with Gasteiger partial charge in [0.25, 0.3) is 0 Å². The van der Waals surface area contributed by atoms with Crippen LogP contribution in [0.25, 0.3) is 10.2 Å². The van der Waals surface area contributed by atoms with Crippen LogP contribution >= 0.6 is 11.3 Å². The van der Waals surface area contributed by atoms with E-state index in [4.69, 9.17) is 10.9 Å². The molecule has 17 heavy (non-hydrogen) atoms. The van der Waals surface area contributed by atoms with Crippen molar-refractivity contribution in [3.63, 3.8) is 0 Å². The van der Waals surface area contributed by atoms with E-state index >= 15 is 0 Å². The van der Waals surface area contributed by atoms with E-state index in [1.807, 2.05) is 12.1 Å². The van der Waals surface area contributed by atoms with Crippen molar-refractivity contribution >= 4 is 42.4 Å². The normalized spacial score (nSPS) is 11.8. The number of aromatic nitrogens is 1. The summed E-state index contributed by atoms with van der Waals surface area (Å²) in [5, 5.41) is 8.47. The van der Waals surface area contributed by atoms with Crippen LogP contribution in [-0.4, -0.2) is 25.7 Å². The Hall–Kier alpha value is -1.38. The van der Waals surface area contributed by atoms with Crippen LogP contribution in [-0.2, 0) is 10.0 Å². The third kappa shape index (κ3) is 3.29. The number of hydrogen-bond donors (Lipinski definition) is 3. The summed E-state index contributed by atoms with van der Waals surface area (Å²) in [5.41, 5.74) is 7.17. The van der Waals surface area contributed by atoms with Gasteiger partial charge in [0.2, 0.25) is 10.0 Å². The molecule has 6 nitrogen and oxygen atoms in total. The lowest BCUT2D eigenvalue weighted by molar-refractivity contribution is 0.598. The molecule has 0 atom stereocenters. The van der Waals surface area contributed by atoms with E-state index in [-0.39, 0.29) is 12.3 Å². The van der Waals surface area contributed by atoms with Gasteiger partial charge in [-0.25, -0.2) is 18.5 Å². The van der Waals surface area contributed by atoms with Gasteiger partial charge in [0, 0.05) is 12.2 Å². The molecule has 0 unspecified atom stereocenters. The highest BCUT2D eigenvalue weighted by Gasteiger charge is 2.05. The van der Waals surface area contributed by atoms with Gasteiger partial charge in [-0.3, -0.25) is 0 Å². The highest BCUT2D eigenvalue weighted by molar-refractivity contribution is 7.89. The second-order valence-corrected chi connectivity index (χ2v) is 6.30. The van der Waals surface area contributed by atoms with Crippen LogP contribution < -0.4 is 16.2 Å². The molecule has 0 radical (unpaired) electrons. The summed E-state index contributed by atoms with van der Waals surface area (Å²) in [6, 6.07) is 5.43. The number of sulfonamides is 1. The van der Waals surface area contributed by atoms with Gasteiger partial charge < -0.3 is 11.1 Å². The van der Waals surface area contributed by atoms with Gasteiger partial charge in [-0.1, -0.05) is 11.3 Å². The predicted octanol–water partition coefficient (Wildman–Crippen LogP) is 0.579. The van der Waals surface area contributed by atoms with E-state index in [1.54, 1.807) is 6.07 Å². The molecule has 2 rings (SSSR count). The first-order valence-electron chi connectivity index (χ1n) is 4.84. The van der Waals surface area contributed by atoms with E-state index < -0.39 is 10.0 Å². The zero-order valence-electron chi connectivity index (χ0n) is 8.88. The van der Waals surface area contributed by atoms with Crippen LogP contribution in [0.15, 0.2) is 18.2 Å². The lowest BCUT2D eigenvalue weighted by Gasteiger charge is -1.99. The summed E-state index contributed by atoms with van der Waals surface area (Å²) in [6.45, 7) is 0.244. The molecule has 0 saturated heterocycles. The molecule has 0 aliphatic rings. The van der Waals surface area contributed by atoms with Crippen LogP contribution in [0.5, 0.6) is 0 Å². The van der Waals surface area contributed by atoms with Crippen LogP contribution in [0.1, 0.15) is 0 Å². The molecule has 8 heteroatoms. The van der Waals surface area contributed by atoms with Crippen molar-refractivity contribution in [3.8, 4) is 0 Å². The quantitative estimate of drug-likeness (QED) is 0.705. The summed E-state index contributed by atoms with van der Waals surface area (Å²) in [7, 11) is -3.44. The number of benzene rings is 1. The number of nitrogens with zero attached hydrogens (tertiary/aromatic N) is 1. The van der Waals surface area contributed by atoms with Gasteiger partial charge in [-0.15, -0.1) is 0 Å². The predicted molar refractivity (Wildman–Crippen MR) is 70.5 cm³/mol. The number of nitrogens with one attached hydrogen (secondary N) is 1. The first kappa shape index (κ1) is 12.1. The molecular weight excluding hydrogens is 260 g/mol. The maximum absolute atomic E-state index is 10.7. The average Bonchev–Trinajstić information content (AvgIpc) is 2.57. The number of hydrogen-bond acceptors (Lipinski definition) is 6. The fourth-order valence-corrected chi connectivity index (χ4v) is 2.64. The second-order valence-electron chi connectivity index (χ2n) is 3.54. The first-order valence-corrected chi connectivity index (χ1v) is 7.38. The standard InChI is InChI=1S/C9H12N4O2S2/c10-6-1-2-7-8(5-6)16-9(13-7)12-3-4-17(11,14)15/h1-2,5H,3-4,10H2,(H,12,13)(H2,11,14,15). The van der Waals surface area contributed by atoms with Crippen LogP contribution in [0.2, 0.25) is 0 Å². The van der Waals surface area contributed by atoms with Gasteiger partial charge >= 0.3 is 0 Å². The van der Waals surface area contributed by atoms with Crippen molar-refractivity contribution in [2.45, 2.75) is 0 Å². The molecule has 2 aromatic rings. The summed E-state index contributed by atoms with van der Waals surface area (Å²) in [6.07, 6.45) is 0. The summed E-state index contributed by atoms with van der Waals surface area (Å²) in [4.78, 5) is 4.29. The molecular formula is C9H12N4O2S2. The number of nitrogens with two attached hydrogens (primary N) is 2. The zero-order valence-corrected chi connectivity index (χ0v) is 10.5. The molecule has 1 heterocycles. The monoisotopic (exact) mass is 272 g/mol. The Morgan fingerprint density at radius 3 is 2.88 bits per heavy atom. The number of anilines is 2. The zero-order chi connectivity index (χ0) is 12.5. The highest BCUT2D eigenvalue weighted by atomic mass is 32.2. The van der Waals surface area contributed by atoms with E-state index in [9.17, 15) is 8.42 Å². The fraction of sp³-hybridized carbons (Fsp3) is 0.222. The Morgan fingerprint density at radius 2 is 2.18 bits per heavy atom. The minimum absolute atomic E-state index is 0.120. The third-order valence-electron chi connectivity index (χ3n) is 2.08. The minimum atomic E-state index is -3.44. The summed E-state index contributed by atoms with van der Waals surface area (Å²) >= 11 is 1.42. The van der Waals surface area contributed by atoms with Crippen molar-refractivity contribution in [1.82, 2.24) is 4.98 Å². The minimum Gasteiger partial charge on any atom is -0.399 e. The van der Waals surface area contributed by atoms with Crippen LogP contribution in [0.3, 0.4) is 0 Å². The van der Waals surface area contributed by atoms with Crippen molar-refractivity contribution < 1.29 is 8.42 Å². The van der Waals surface area contributed by atoms with Crippen LogP contribution in [0.4, 0.5) is 10.8 Å². The van der Waals surface area contributed by atoms with Crippen LogP contribution in [0, 0.1) is 0 Å². The third-order valence-corrected chi connectivity index (χ3v) is 3.82. The lowest BCUT2D eigenvalue weighted by atomic mass is 10.3. The number of primary sulfonamides is 1. The maximum Gasteiger partial charge on any atom is 0.210 e. The van der Waals surface area contributed by atoms with E-state index in [1.165, 1.54) is 11.3 Å². The largest absolute Gasteiger partial charge is 0.399 e. The van der Waals surface area contributed by atoms with Gasteiger partial charge in [0.15, 0.2) is 5.13 Å². The SMILES string of the molecule is Nc1ccc2nc(NCCS(N)(=O)=O)sc2c1. The number of thiazole rings is 1. The molecule has 1 aromatic heterocycles. The molecule has 0 bridgehead atoms. The molecule has 1 aromatic carbocycles. The average molecular weight is 272 g/mol. The van der Waals surface area contributed by atoms with Crippen molar-refractivity contribution in [1.29, 1.82) is 0 Å². The van der Waals surface area contributed by atoms with Gasteiger partial charge in [0.05, 0.1) is 16.0 Å². The maximum atomic E-state index is 10.7. The van der Waals surface area contributed by atoms with E-state index in [0.29, 0.717) is 10.8 Å². The van der Waals surface area contributed by atoms with Gasteiger partial charge in [-0.05, 0) is 18.2 Å². The first-order chi connectivity index (χ1) is 7.94. The molecule has 5 N–H and O–H groups in total. The van der Waals surface area contributed by atoms with E-state index in [2.05, 4.69) is 10.3 Å². The van der Waals surface area contributed by atoms with Crippen molar-refractivity contribution in [2.75, 3.05) is 23.3 Å². The Balaban J connectivity index is 2.09. The molecule has 0 amide bonds.